The third-order valence-electron chi connectivity index (χ3n) is 3.22. The average Bonchev–Trinajstić information content (AvgIpc) is 3.26. The van der Waals surface area contributed by atoms with Crippen molar-refractivity contribution in [3.05, 3.63) is 62.7 Å². The summed E-state index contributed by atoms with van der Waals surface area (Å²) in [5.74, 6) is 0.222. The molecule has 1 unspecified atom stereocenters. The second kappa shape index (κ2) is 6.59. The van der Waals surface area contributed by atoms with Crippen LogP contribution in [0.5, 0.6) is 0 Å². The lowest BCUT2D eigenvalue weighted by molar-refractivity contribution is -0.384. The van der Waals surface area contributed by atoms with Crippen molar-refractivity contribution in [2.24, 2.45) is 0 Å². The molecule has 24 heavy (non-hydrogen) atoms. The Hall–Kier alpha value is -3.07. The smallest absolute Gasteiger partial charge is 0.270 e. The molecule has 1 aromatic carbocycles. The standard InChI is InChI=1S/C15H12N4O4S/c1-9(16-14(20)12-6-3-7-24-12)15-17-13(18-23-15)10-4-2-5-11(8-10)19(21)22/h2-9H,1H3,(H,16,20). The molecular formula is C15H12N4O4S. The number of carbonyl (C=O) groups excluding carboxylic acids is 1. The maximum atomic E-state index is 12.0. The van der Waals surface area contributed by atoms with Gasteiger partial charge in [0, 0.05) is 17.7 Å². The number of nitrogens with one attached hydrogen (secondary N) is 1. The predicted molar refractivity (Wildman–Crippen MR) is 86.6 cm³/mol. The summed E-state index contributed by atoms with van der Waals surface area (Å²) in [7, 11) is 0. The zero-order valence-corrected chi connectivity index (χ0v) is 13.3. The van der Waals surface area contributed by atoms with Crippen molar-refractivity contribution in [2.45, 2.75) is 13.0 Å². The van der Waals surface area contributed by atoms with E-state index in [1.54, 1.807) is 31.2 Å². The number of benzene rings is 1. The third-order valence-corrected chi connectivity index (χ3v) is 4.09. The van der Waals surface area contributed by atoms with Crippen LogP contribution < -0.4 is 5.32 Å². The molecule has 0 radical (unpaired) electrons. The van der Waals surface area contributed by atoms with E-state index in [1.165, 1.54) is 23.5 Å². The Morgan fingerprint density at radius 2 is 2.21 bits per heavy atom. The molecule has 122 valence electrons. The molecule has 1 atom stereocenters. The van der Waals surface area contributed by atoms with E-state index in [4.69, 9.17) is 4.52 Å². The largest absolute Gasteiger partial charge is 0.340 e. The Morgan fingerprint density at radius 3 is 2.92 bits per heavy atom. The van der Waals surface area contributed by atoms with Crippen LogP contribution in [0.15, 0.2) is 46.3 Å². The number of carbonyl (C=O) groups is 1. The second-order valence-electron chi connectivity index (χ2n) is 4.94. The van der Waals surface area contributed by atoms with Gasteiger partial charge in [0.25, 0.3) is 11.6 Å². The van der Waals surface area contributed by atoms with Crippen LogP contribution in [0.3, 0.4) is 0 Å². The lowest BCUT2D eigenvalue weighted by Gasteiger charge is -2.07. The monoisotopic (exact) mass is 344 g/mol. The van der Waals surface area contributed by atoms with Crippen molar-refractivity contribution in [3.8, 4) is 11.4 Å². The molecule has 0 aliphatic carbocycles. The number of thiophene rings is 1. The van der Waals surface area contributed by atoms with Gasteiger partial charge in [0.05, 0.1) is 9.80 Å². The maximum Gasteiger partial charge on any atom is 0.270 e. The Labute approximate surface area is 140 Å². The molecule has 1 N–H and O–H groups in total. The molecular weight excluding hydrogens is 332 g/mol. The Bertz CT molecular complexity index is 875. The number of aromatic nitrogens is 2. The minimum atomic E-state index is -0.492. The van der Waals surface area contributed by atoms with Gasteiger partial charge in [-0.3, -0.25) is 14.9 Å². The molecule has 0 saturated heterocycles. The normalized spacial score (nSPS) is 11.9. The molecule has 2 aromatic heterocycles. The Kier molecular flexibility index (Phi) is 4.34. The summed E-state index contributed by atoms with van der Waals surface area (Å²) in [6.07, 6.45) is 0. The fourth-order valence-electron chi connectivity index (χ4n) is 2.02. The van der Waals surface area contributed by atoms with Gasteiger partial charge in [0.2, 0.25) is 11.7 Å². The molecule has 2 heterocycles. The van der Waals surface area contributed by atoms with Gasteiger partial charge in [-0.2, -0.15) is 4.98 Å². The number of nitrogens with zero attached hydrogens (tertiary/aromatic N) is 3. The Morgan fingerprint density at radius 1 is 1.38 bits per heavy atom. The van der Waals surface area contributed by atoms with Crippen LogP contribution in [-0.4, -0.2) is 21.0 Å². The quantitative estimate of drug-likeness (QED) is 0.562. The molecule has 1 amide bonds. The summed E-state index contributed by atoms with van der Waals surface area (Å²) in [4.78, 5) is 27.1. The van der Waals surface area contributed by atoms with Crippen molar-refractivity contribution in [1.29, 1.82) is 0 Å². The second-order valence-corrected chi connectivity index (χ2v) is 5.88. The zero-order chi connectivity index (χ0) is 17.1. The van der Waals surface area contributed by atoms with Crippen LogP contribution >= 0.6 is 11.3 Å². The van der Waals surface area contributed by atoms with E-state index in [-0.39, 0.29) is 23.3 Å². The van der Waals surface area contributed by atoms with Crippen molar-refractivity contribution >= 4 is 22.9 Å². The number of nitro groups is 1. The lowest BCUT2D eigenvalue weighted by Crippen LogP contribution is -2.26. The van der Waals surface area contributed by atoms with Gasteiger partial charge in [-0.1, -0.05) is 23.4 Å². The summed E-state index contributed by atoms with van der Waals surface area (Å²) in [6.45, 7) is 1.72. The van der Waals surface area contributed by atoms with Gasteiger partial charge in [-0.15, -0.1) is 11.3 Å². The molecule has 0 fully saturated rings. The van der Waals surface area contributed by atoms with Crippen LogP contribution in [-0.2, 0) is 0 Å². The van der Waals surface area contributed by atoms with E-state index in [0.717, 1.165) is 0 Å². The first-order valence-electron chi connectivity index (χ1n) is 6.97. The van der Waals surface area contributed by atoms with E-state index in [9.17, 15) is 14.9 Å². The first kappa shape index (κ1) is 15.8. The molecule has 0 bridgehead atoms. The lowest BCUT2D eigenvalue weighted by atomic mass is 10.2. The van der Waals surface area contributed by atoms with Gasteiger partial charge >= 0.3 is 0 Å². The topological polar surface area (TPSA) is 111 Å². The van der Waals surface area contributed by atoms with Crippen LogP contribution in [0, 0.1) is 10.1 Å². The fraction of sp³-hybridized carbons (Fsp3) is 0.133. The van der Waals surface area contributed by atoms with Crippen molar-refractivity contribution in [2.75, 3.05) is 0 Å². The molecule has 0 spiro atoms. The molecule has 9 heteroatoms. The zero-order valence-electron chi connectivity index (χ0n) is 12.5. The minimum absolute atomic E-state index is 0.0575. The highest BCUT2D eigenvalue weighted by molar-refractivity contribution is 7.12. The first-order chi connectivity index (χ1) is 11.5. The summed E-state index contributed by atoms with van der Waals surface area (Å²) < 4.78 is 5.16. The minimum Gasteiger partial charge on any atom is -0.340 e. The molecule has 3 aromatic rings. The summed E-state index contributed by atoms with van der Waals surface area (Å²) in [5.41, 5.74) is 0.411. The van der Waals surface area contributed by atoms with E-state index in [1.807, 2.05) is 5.38 Å². The van der Waals surface area contributed by atoms with Gasteiger partial charge in [-0.25, -0.2) is 0 Å². The number of amides is 1. The van der Waals surface area contributed by atoms with Crippen LogP contribution in [0.25, 0.3) is 11.4 Å². The number of rotatable bonds is 5. The molecule has 0 aliphatic heterocycles. The van der Waals surface area contributed by atoms with Crippen molar-refractivity contribution in [3.63, 3.8) is 0 Å². The first-order valence-corrected chi connectivity index (χ1v) is 7.85. The molecule has 0 saturated carbocycles. The highest BCUT2D eigenvalue weighted by Crippen LogP contribution is 2.23. The van der Waals surface area contributed by atoms with Crippen LogP contribution in [0.4, 0.5) is 5.69 Å². The number of hydrogen-bond donors (Lipinski definition) is 1. The Balaban J connectivity index is 1.76. The molecule has 3 rings (SSSR count). The summed E-state index contributed by atoms with van der Waals surface area (Å²) in [5, 5.41) is 19.2. The third kappa shape index (κ3) is 3.30. The van der Waals surface area contributed by atoms with Crippen molar-refractivity contribution in [1.82, 2.24) is 15.5 Å². The van der Waals surface area contributed by atoms with Gasteiger partial charge in [-0.05, 0) is 18.4 Å². The van der Waals surface area contributed by atoms with Gasteiger partial charge in [0.15, 0.2) is 0 Å². The SMILES string of the molecule is CC(NC(=O)c1cccs1)c1nc(-c2cccc([N+](=O)[O-])c2)no1. The van der Waals surface area contributed by atoms with Crippen molar-refractivity contribution < 1.29 is 14.2 Å². The summed E-state index contributed by atoms with van der Waals surface area (Å²) in [6, 6.07) is 8.96. The van der Waals surface area contributed by atoms with E-state index in [2.05, 4.69) is 15.5 Å². The van der Waals surface area contributed by atoms with E-state index < -0.39 is 11.0 Å². The van der Waals surface area contributed by atoms with Gasteiger partial charge in [0.1, 0.15) is 6.04 Å². The number of non-ortho nitro benzene ring substituents is 1. The van der Waals surface area contributed by atoms with E-state index >= 15 is 0 Å². The van der Waals surface area contributed by atoms with Gasteiger partial charge < -0.3 is 9.84 Å². The van der Waals surface area contributed by atoms with Crippen LogP contribution in [0.1, 0.15) is 28.5 Å². The average molecular weight is 344 g/mol. The van der Waals surface area contributed by atoms with Crippen LogP contribution in [0.2, 0.25) is 0 Å². The molecule has 8 nitrogen and oxygen atoms in total. The summed E-state index contributed by atoms with van der Waals surface area (Å²) >= 11 is 1.33. The number of hydrogen-bond acceptors (Lipinski definition) is 7. The maximum absolute atomic E-state index is 12.0. The predicted octanol–water partition coefficient (Wildman–Crippen LogP) is 3.20. The molecule has 0 aliphatic rings. The fourth-order valence-corrected chi connectivity index (χ4v) is 2.65. The van der Waals surface area contributed by atoms with E-state index in [0.29, 0.717) is 10.4 Å². The number of nitro benzene ring substituents is 1. The highest BCUT2D eigenvalue weighted by atomic mass is 32.1. The highest BCUT2D eigenvalue weighted by Gasteiger charge is 2.19.